The van der Waals surface area contributed by atoms with Crippen LogP contribution < -0.4 is 11.1 Å². The molecule has 202 valence electrons. The highest BCUT2D eigenvalue weighted by Gasteiger charge is 2.54. The van der Waals surface area contributed by atoms with E-state index in [0.29, 0.717) is 16.0 Å². The number of aliphatic hydroxyl groups is 3. The van der Waals surface area contributed by atoms with E-state index in [1.54, 1.807) is 26.0 Å². The first-order valence-corrected chi connectivity index (χ1v) is 12.6. The number of carbonyl (C=O) groups is 2. The van der Waals surface area contributed by atoms with Crippen LogP contribution >= 0.6 is 11.8 Å². The van der Waals surface area contributed by atoms with E-state index in [1.807, 2.05) is 19.1 Å². The van der Waals surface area contributed by atoms with Gasteiger partial charge in [-0.15, -0.1) is 0 Å². The number of aromatic hydroxyl groups is 1. The Morgan fingerprint density at radius 3 is 2.35 bits per heavy atom. The van der Waals surface area contributed by atoms with E-state index in [0.717, 1.165) is 17.3 Å². The van der Waals surface area contributed by atoms with E-state index >= 15 is 0 Å². The normalized spacial score (nSPS) is 25.2. The Labute approximate surface area is 219 Å². The lowest BCUT2D eigenvalue weighted by Gasteiger charge is -2.45. The molecule has 2 aromatic rings. The number of methoxy groups -OCH3 is 1. The third-order valence-corrected chi connectivity index (χ3v) is 7.65. The molecule has 0 unspecified atom stereocenters. The maximum absolute atomic E-state index is 12.9. The van der Waals surface area contributed by atoms with E-state index in [2.05, 4.69) is 5.32 Å². The van der Waals surface area contributed by atoms with Crippen molar-refractivity contribution in [1.29, 1.82) is 0 Å². The van der Waals surface area contributed by atoms with Crippen molar-refractivity contribution in [3.63, 3.8) is 0 Å². The molecule has 0 spiro atoms. The minimum Gasteiger partial charge on any atom is -0.507 e. The van der Waals surface area contributed by atoms with E-state index < -0.39 is 47.3 Å². The average Bonchev–Trinajstić information content (AvgIpc) is 2.87. The van der Waals surface area contributed by atoms with Crippen LogP contribution in [-0.4, -0.2) is 81.3 Å². The molecular formula is C26H34N2O8S. The summed E-state index contributed by atoms with van der Waals surface area (Å²) >= 11 is 1.02. The maximum atomic E-state index is 12.9. The van der Waals surface area contributed by atoms with Crippen molar-refractivity contribution in [3.8, 4) is 5.75 Å². The first-order chi connectivity index (χ1) is 17.4. The number of nitrogens with one attached hydrogen (secondary N) is 1. The van der Waals surface area contributed by atoms with Crippen molar-refractivity contribution in [1.82, 2.24) is 5.32 Å². The summed E-state index contributed by atoms with van der Waals surface area (Å²) in [5, 5.41) is 44.7. The summed E-state index contributed by atoms with van der Waals surface area (Å²) in [6.45, 7) is 4.87. The van der Waals surface area contributed by atoms with Gasteiger partial charge in [0.2, 0.25) is 4.93 Å². The first kappa shape index (κ1) is 28.9. The highest BCUT2D eigenvalue weighted by Crippen LogP contribution is 2.44. The first-order valence-electron chi connectivity index (χ1n) is 11.8. The molecule has 1 fully saturated rings. The molecule has 0 saturated carbocycles. The lowest BCUT2D eigenvalue weighted by atomic mass is 9.90. The molecule has 2 aromatic carbocycles. The molecule has 1 saturated heterocycles. The number of esters is 1. The Balaban J connectivity index is 1.76. The smallest absolute Gasteiger partial charge is 0.349 e. The van der Waals surface area contributed by atoms with Gasteiger partial charge in [0.15, 0.2) is 0 Å². The molecular weight excluding hydrogens is 500 g/mol. The van der Waals surface area contributed by atoms with Crippen LogP contribution in [0.3, 0.4) is 0 Å². The quantitative estimate of drug-likeness (QED) is 0.267. The van der Waals surface area contributed by atoms with Crippen molar-refractivity contribution >= 4 is 23.6 Å². The third-order valence-electron chi connectivity index (χ3n) is 6.38. The molecule has 37 heavy (non-hydrogen) atoms. The number of thioether (sulfide) groups is 1. The third kappa shape index (κ3) is 6.43. The SMILES string of the molecule is COC(=O)[C@@]1(Sc2ccc(C)cc2)C[C@H](O)[C@@H](N)[C@H]([C@H](O)[C@H](O)CNC(=O)c2cc(C)c(O)c(C)c2)O1. The molecule has 0 aromatic heterocycles. The fraction of sp³-hybridized carbons (Fsp3) is 0.462. The van der Waals surface area contributed by atoms with Gasteiger partial charge in [0.1, 0.15) is 18.0 Å². The number of phenolic OH excluding ortho intramolecular Hbond substituents is 1. The fourth-order valence-electron chi connectivity index (χ4n) is 4.19. The number of aliphatic hydroxyl groups excluding tert-OH is 3. The minimum atomic E-state index is -1.73. The summed E-state index contributed by atoms with van der Waals surface area (Å²) in [5.41, 5.74) is 8.44. The molecule has 6 atom stereocenters. The number of nitrogens with two attached hydrogens (primary N) is 1. The molecule has 0 radical (unpaired) electrons. The summed E-state index contributed by atoms with van der Waals surface area (Å²) in [5.74, 6) is -1.21. The van der Waals surface area contributed by atoms with Crippen LogP contribution in [0.25, 0.3) is 0 Å². The fourth-order valence-corrected chi connectivity index (χ4v) is 5.42. The zero-order chi connectivity index (χ0) is 27.5. The van der Waals surface area contributed by atoms with Crippen molar-refractivity contribution in [2.45, 2.75) is 67.5 Å². The Hall–Kier alpha value is -2.67. The summed E-state index contributed by atoms with van der Waals surface area (Å²) in [6.07, 6.45) is -6.00. The van der Waals surface area contributed by atoms with Crippen LogP contribution in [0.1, 0.15) is 33.5 Å². The van der Waals surface area contributed by atoms with Gasteiger partial charge in [0.25, 0.3) is 5.91 Å². The van der Waals surface area contributed by atoms with Gasteiger partial charge in [-0.2, -0.15) is 0 Å². The Morgan fingerprint density at radius 2 is 1.78 bits per heavy atom. The van der Waals surface area contributed by atoms with Crippen molar-refractivity contribution < 1.29 is 39.5 Å². The van der Waals surface area contributed by atoms with Crippen LogP contribution in [0.5, 0.6) is 5.75 Å². The van der Waals surface area contributed by atoms with Gasteiger partial charge in [-0.25, -0.2) is 4.79 Å². The number of rotatable bonds is 8. The average molecular weight is 535 g/mol. The van der Waals surface area contributed by atoms with Crippen LogP contribution in [0.15, 0.2) is 41.3 Å². The monoisotopic (exact) mass is 534 g/mol. The molecule has 1 amide bonds. The van der Waals surface area contributed by atoms with Gasteiger partial charge in [-0.1, -0.05) is 29.5 Å². The maximum Gasteiger partial charge on any atom is 0.349 e. The summed E-state index contributed by atoms with van der Waals surface area (Å²) in [7, 11) is 1.19. The molecule has 1 heterocycles. The van der Waals surface area contributed by atoms with E-state index in [4.69, 9.17) is 15.2 Å². The zero-order valence-electron chi connectivity index (χ0n) is 21.2. The number of hydrogen-bond acceptors (Lipinski definition) is 10. The Morgan fingerprint density at radius 1 is 1.19 bits per heavy atom. The second-order valence-corrected chi connectivity index (χ2v) is 10.7. The molecule has 11 heteroatoms. The minimum absolute atomic E-state index is 0.0894. The van der Waals surface area contributed by atoms with Gasteiger partial charge in [-0.3, -0.25) is 4.79 Å². The molecule has 0 aliphatic carbocycles. The number of amides is 1. The number of phenols is 1. The summed E-state index contributed by atoms with van der Waals surface area (Å²) < 4.78 is 11.0. The molecule has 7 N–H and O–H groups in total. The number of ether oxygens (including phenoxy) is 2. The summed E-state index contributed by atoms with van der Waals surface area (Å²) in [4.78, 5) is 24.4. The van der Waals surface area contributed by atoms with Crippen molar-refractivity contribution in [3.05, 3.63) is 58.7 Å². The Kier molecular flexibility index (Phi) is 9.22. The molecule has 1 aliphatic rings. The van der Waals surface area contributed by atoms with Gasteiger partial charge < -0.3 is 41.0 Å². The van der Waals surface area contributed by atoms with Crippen LogP contribution in [0.4, 0.5) is 0 Å². The van der Waals surface area contributed by atoms with Gasteiger partial charge >= 0.3 is 5.97 Å². The number of aryl methyl sites for hydroxylation is 3. The van der Waals surface area contributed by atoms with E-state index in [1.165, 1.54) is 19.2 Å². The standard InChI is InChI=1S/C26H34N2O8S/c1-13-5-7-17(8-6-13)37-26(25(34)35-4)11-18(29)20(27)23(36-26)22(32)19(30)12-28-24(33)16-9-14(2)21(31)15(3)10-16/h5-10,18-20,22-23,29-32H,11-12,27H2,1-4H3,(H,28,33)/t18-,19+,20+,22+,23+,26-/m0/s1. The highest BCUT2D eigenvalue weighted by atomic mass is 32.2. The van der Waals surface area contributed by atoms with Crippen LogP contribution in [-0.2, 0) is 14.3 Å². The highest BCUT2D eigenvalue weighted by molar-refractivity contribution is 8.01. The predicted molar refractivity (Wildman–Crippen MR) is 137 cm³/mol. The van der Waals surface area contributed by atoms with E-state index in [9.17, 15) is 30.0 Å². The van der Waals surface area contributed by atoms with Gasteiger partial charge in [0, 0.05) is 23.4 Å². The zero-order valence-corrected chi connectivity index (χ0v) is 22.0. The van der Waals surface area contributed by atoms with E-state index in [-0.39, 0.29) is 24.3 Å². The molecule has 10 nitrogen and oxygen atoms in total. The summed E-state index contributed by atoms with van der Waals surface area (Å²) in [6, 6.07) is 9.17. The van der Waals surface area contributed by atoms with Gasteiger partial charge in [-0.05, 0) is 56.2 Å². The number of hydrogen-bond donors (Lipinski definition) is 6. The second-order valence-electron chi connectivity index (χ2n) is 9.32. The molecule has 1 aliphatic heterocycles. The number of carbonyl (C=O) groups excluding carboxylic acids is 2. The number of benzene rings is 2. The largest absolute Gasteiger partial charge is 0.507 e. The van der Waals surface area contributed by atoms with Crippen molar-refractivity contribution in [2.75, 3.05) is 13.7 Å². The topological polar surface area (TPSA) is 172 Å². The molecule has 0 bridgehead atoms. The lowest BCUT2D eigenvalue weighted by Crippen LogP contribution is -2.65. The van der Waals surface area contributed by atoms with Crippen LogP contribution in [0, 0.1) is 20.8 Å². The molecule has 3 rings (SSSR count). The second kappa shape index (κ2) is 11.8. The van der Waals surface area contributed by atoms with Crippen LogP contribution in [0.2, 0.25) is 0 Å². The lowest BCUT2D eigenvalue weighted by molar-refractivity contribution is -0.201. The van der Waals surface area contributed by atoms with Crippen molar-refractivity contribution in [2.24, 2.45) is 5.73 Å². The Bertz CT molecular complexity index is 1110. The predicted octanol–water partition coefficient (Wildman–Crippen LogP) is 0.908. The van der Waals surface area contributed by atoms with Gasteiger partial charge in [0.05, 0.1) is 25.4 Å².